The lowest BCUT2D eigenvalue weighted by Gasteiger charge is -2.09. The summed E-state index contributed by atoms with van der Waals surface area (Å²) in [4.78, 5) is 4.64. The maximum absolute atomic E-state index is 13.1. The van der Waals surface area contributed by atoms with Gasteiger partial charge >= 0.3 is 0 Å². The molecule has 21 heavy (non-hydrogen) atoms. The Morgan fingerprint density at radius 3 is 2.62 bits per heavy atom. The highest BCUT2D eigenvalue weighted by molar-refractivity contribution is 5.90. The zero-order valence-corrected chi connectivity index (χ0v) is 11.8. The van der Waals surface area contributed by atoms with Crippen LogP contribution in [-0.2, 0) is 6.54 Å². The number of fused-ring (bicyclic) bond motifs is 1. The van der Waals surface area contributed by atoms with Crippen molar-refractivity contribution in [3.63, 3.8) is 0 Å². The van der Waals surface area contributed by atoms with E-state index in [-0.39, 0.29) is 5.82 Å². The van der Waals surface area contributed by atoms with Gasteiger partial charge in [-0.1, -0.05) is 18.2 Å². The fourth-order valence-electron chi connectivity index (χ4n) is 2.42. The SMILES string of the molecule is C=C(C)Cn1c(-c2ccc(F)cc2)nc2c(N)cccc21. The first kappa shape index (κ1) is 13.4. The Hall–Kier alpha value is -2.62. The Balaban J connectivity index is 2.27. The van der Waals surface area contributed by atoms with Crippen molar-refractivity contribution < 1.29 is 4.39 Å². The summed E-state index contributed by atoms with van der Waals surface area (Å²) in [5.41, 5.74) is 10.2. The highest BCUT2D eigenvalue weighted by Gasteiger charge is 2.14. The summed E-state index contributed by atoms with van der Waals surface area (Å²) in [6.45, 7) is 6.58. The van der Waals surface area contributed by atoms with Gasteiger partial charge in [-0.3, -0.25) is 0 Å². The maximum Gasteiger partial charge on any atom is 0.141 e. The second kappa shape index (κ2) is 5.05. The highest BCUT2D eigenvalue weighted by Crippen LogP contribution is 2.28. The van der Waals surface area contributed by atoms with E-state index in [1.54, 1.807) is 12.1 Å². The molecular formula is C17H16FN3. The van der Waals surface area contributed by atoms with Crippen molar-refractivity contribution in [1.29, 1.82) is 0 Å². The average molecular weight is 281 g/mol. The van der Waals surface area contributed by atoms with Crippen molar-refractivity contribution in [2.45, 2.75) is 13.5 Å². The maximum atomic E-state index is 13.1. The highest BCUT2D eigenvalue weighted by atomic mass is 19.1. The van der Waals surface area contributed by atoms with Crippen LogP contribution in [0.15, 0.2) is 54.6 Å². The van der Waals surface area contributed by atoms with Gasteiger partial charge in [0.1, 0.15) is 17.2 Å². The van der Waals surface area contributed by atoms with Gasteiger partial charge < -0.3 is 10.3 Å². The molecule has 0 amide bonds. The number of anilines is 1. The van der Waals surface area contributed by atoms with Gasteiger partial charge in [0.2, 0.25) is 0 Å². The number of aromatic nitrogens is 2. The van der Waals surface area contributed by atoms with Crippen LogP contribution >= 0.6 is 0 Å². The van der Waals surface area contributed by atoms with Gasteiger partial charge in [0, 0.05) is 12.1 Å². The Kier molecular flexibility index (Phi) is 3.22. The van der Waals surface area contributed by atoms with E-state index in [1.165, 1.54) is 12.1 Å². The number of allylic oxidation sites excluding steroid dienone is 1. The molecule has 0 radical (unpaired) electrons. The fourth-order valence-corrected chi connectivity index (χ4v) is 2.42. The van der Waals surface area contributed by atoms with Crippen LogP contribution in [0.5, 0.6) is 0 Å². The van der Waals surface area contributed by atoms with Crippen LogP contribution < -0.4 is 5.73 Å². The van der Waals surface area contributed by atoms with Crippen molar-refractivity contribution >= 4 is 16.7 Å². The molecule has 3 rings (SSSR count). The summed E-state index contributed by atoms with van der Waals surface area (Å²) in [6.07, 6.45) is 0. The summed E-state index contributed by atoms with van der Waals surface area (Å²) in [5.74, 6) is 0.506. The Morgan fingerprint density at radius 2 is 1.95 bits per heavy atom. The van der Waals surface area contributed by atoms with Gasteiger partial charge in [-0.15, -0.1) is 0 Å². The standard InChI is InChI=1S/C17H16FN3/c1-11(2)10-21-15-5-3-4-14(19)16(15)20-17(21)12-6-8-13(18)9-7-12/h3-9H,1,10,19H2,2H3. The fraction of sp³-hybridized carbons (Fsp3) is 0.118. The molecule has 0 aliphatic carbocycles. The minimum Gasteiger partial charge on any atom is -0.397 e. The van der Waals surface area contributed by atoms with Crippen LogP contribution in [-0.4, -0.2) is 9.55 Å². The molecule has 0 aliphatic heterocycles. The number of nitrogens with two attached hydrogens (primary N) is 1. The normalized spacial score (nSPS) is 11.0. The lowest BCUT2D eigenvalue weighted by molar-refractivity contribution is 0.628. The van der Waals surface area contributed by atoms with E-state index in [0.29, 0.717) is 12.2 Å². The van der Waals surface area contributed by atoms with Gasteiger partial charge in [0.25, 0.3) is 0 Å². The lowest BCUT2D eigenvalue weighted by atomic mass is 10.2. The van der Waals surface area contributed by atoms with Gasteiger partial charge in [-0.05, 0) is 43.3 Å². The molecule has 0 unspecified atom stereocenters. The topological polar surface area (TPSA) is 43.8 Å². The molecule has 0 bridgehead atoms. The monoisotopic (exact) mass is 281 g/mol. The molecule has 2 N–H and O–H groups in total. The molecule has 1 aromatic heterocycles. The third-order valence-electron chi connectivity index (χ3n) is 3.34. The van der Waals surface area contributed by atoms with Gasteiger partial charge in [0.15, 0.2) is 0 Å². The second-order valence-corrected chi connectivity index (χ2v) is 5.20. The third kappa shape index (κ3) is 2.40. The number of imidazole rings is 1. The number of nitrogens with zero attached hydrogens (tertiary/aromatic N) is 2. The van der Waals surface area contributed by atoms with Gasteiger partial charge in [-0.2, -0.15) is 0 Å². The average Bonchev–Trinajstić information content (AvgIpc) is 2.80. The predicted molar refractivity (Wildman–Crippen MR) is 84.4 cm³/mol. The summed E-state index contributed by atoms with van der Waals surface area (Å²) < 4.78 is 15.2. The van der Waals surface area contributed by atoms with Gasteiger partial charge in [0.05, 0.1) is 11.2 Å². The zero-order valence-electron chi connectivity index (χ0n) is 11.8. The van der Waals surface area contributed by atoms with Gasteiger partial charge in [-0.25, -0.2) is 9.37 Å². The van der Waals surface area contributed by atoms with E-state index in [2.05, 4.69) is 16.1 Å². The van der Waals surface area contributed by atoms with Crippen LogP contribution in [0.4, 0.5) is 10.1 Å². The Bertz CT molecular complexity index is 816. The third-order valence-corrected chi connectivity index (χ3v) is 3.34. The molecule has 0 saturated carbocycles. The van der Waals surface area contributed by atoms with E-state index in [0.717, 1.165) is 28.0 Å². The Labute approximate surface area is 122 Å². The minimum absolute atomic E-state index is 0.263. The van der Waals surface area contributed by atoms with Crippen molar-refractivity contribution in [2.24, 2.45) is 0 Å². The molecule has 3 aromatic rings. The quantitative estimate of drug-likeness (QED) is 0.582. The molecule has 0 atom stereocenters. The molecule has 4 heteroatoms. The molecule has 0 saturated heterocycles. The number of nitrogen functional groups attached to an aromatic ring is 1. The van der Waals surface area contributed by atoms with Crippen molar-refractivity contribution in [2.75, 3.05) is 5.73 Å². The number of hydrogen-bond donors (Lipinski definition) is 1. The van der Waals surface area contributed by atoms with Crippen LogP contribution in [0.1, 0.15) is 6.92 Å². The van der Waals surface area contributed by atoms with E-state index in [1.807, 2.05) is 25.1 Å². The summed E-state index contributed by atoms with van der Waals surface area (Å²) in [5, 5.41) is 0. The number of hydrogen-bond acceptors (Lipinski definition) is 2. The molecule has 0 spiro atoms. The largest absolute Gasteiger partial charge is 0.397 e. The minimum atomic E-state index is -0.263. The predicted octanol–water partition coefficient (Wildman–Crippen LogP) is 4.00. The molecule has 2 aromatic carbocycles. The lowest BCUT2D eigenvalue weighted by Crippen LogP contribution is -2.01. The van der Waals surface area contributed by atoms with E-state index in [4.69, 9.17) is 5.73 Å². The zero-order chi connectivity index (χ0) is 15.0. The number of halogens is 1. The van der Waals surface area contributed by atoms with Crippen molar-refractivity contribution in [3.8, 4) is 11.4 Å². The first-order chi connectivity index (χ1) is 10.1. The van der Waals surface area contributed by atoms with Crippen LogP contribution in [0.3, 0.4) is 0 Å². The van der Waals surface area contributed by atoms with E-state index >= 15 is 0 Å². The molecule has 3 nitrogen and oxygen atoms in total. The van der Waals surface area contributed by atoms with Crippen LogP contribution in [0.25, 0.3) is 22.4 Å². The van der Waals surface area contributed by atoms with Crippen LogP contribution in [0, 0.1) is 5.82 Å². The molecule has 106 valence electrons. The smallest absolute Gasteiger partial charge is 0.141 e. The van der Waals surface area contributed by atoms with E-state index in [9.17, 15) is 4.39 Å². The number of rotatable bonds is 3. The summed E-state index contributed by atoms with van der Waals surface area (Å²) >= 11 is 0. The first-order valence-electron chi connectivity index (χ1n) is 6.71. The summed E-state index contributed by atoms with van der Waals surface area (Å²) in [6, 6.07) is 12.0. The Morgan fingerprint density at radius 1 is 1.24 bits per heavy atom. The molecule has 0 aliphatic rings. The number of para-hydroxylation sites is 1. The molecule has 1 heterocycles. The van der Waals surface area contributed by atoms with E-state index < -0.39 is 0 Å². The molecular weight excluding hydrogens is 265 g/mol. The first-order valence-corrected chi connectivity index (χ1v) is 6.71. The molecule has 0 fully saturated rings. The van der Waals surface area contributed by atoms with Crippen LogP contribution in [0.2, 0.25) is 0 Å². The van der Waals surface area contributed by atoms with Crippen molar-refractivity contribution in [1.82, 2.24) is 9.55 Å². The second-order valence-electron chi connectivity index (χ2n) is 5.20. The summed E-state index contributed by atoms with van der Waals surface area (Å²) in [7, 11) is 0. The van der Waals surface area contributed by atoms with Crippen molar-refractivity contribution in [3.05, 3.63) is 60.4 Å². The number of benzene rings is 2.